The maximum Gasteiger partial charge on any atom is 0.253 e. The van der Waals surface area contributed by atoms with Gasteiger partial charge in [-0.05, 0) is 37.3 Å². The first-order valence-corrected chi connectivity index (χ1v) is 9.58. The van der Waals surface area contributed by atoms with Crippen LogP contribution in [-0.2, 0) is 17.8 Å². The van der Waals surface area contributed by atoms with Gasteiger partial charge in [-0.3, -0.25) is 14.7 Å². The minimum absolute atomic E-state index is 0.161. The van der Waals surface area contributed by atoms with Gasteiger partial charge in [0, 0.05) is 12.5 Å². The predicted octanol–water partition coefficient (Wildman–Crippen LogP) is 0.348. The van der Waals surface area contributed by atoms with Crippen molar-refractivity contribution in [3.63, 3.8) is 0 Å². The zero-order valence-electron chi connectivity index (χ0n) is 15.4. The minimum Gasteiger partial charge on any atom is -0.391 e. The first kappa shape index (κ1) is 18.4. The summed E-state index contributed by atoms with van der Waals surface area (Å²) >= 11 is 0. The Balaban J connectivity index is 1.36. The molecule has 5 N–H and O–H groups in total. The van der Waals surface area contributed by atoms with E-state index in [0.29, 0.717) is 24.2 Å². The number of amides is 2. The van der Waals surface area contributed by atoms with Crippen LogP contribution in [0.25, 0.3) is 0 Å². The lowest BCUT2D eigenvalue weighted by Crippen LogP contribution is -2.40. The molecular weight excluding hydrogens is 360 g/mol. The smallest absolute Gasteiger partial charge is 0.253 e. The van der Waals surface area contributed by atoms with E-state index >= 15 is 0 Å². The second-order valence-corrected chi connectivity index (χ2v) is 7.34. The summed E-state index contributed by atoms with van der Waals surface area (Å²) in [6.07, 6.45) is 3.34. The second-order valence-electron chi connectivity index (χ2n) is 7.34. The molecule has 0 unspecified atom stereocenters. The summed E-state index contributed by atoms with van der Waals surface area (Å²) in [6, 6.07) is 5.24. The van der Waals surface area contributed by atoms with E-state index in [4.69, 9.17) is 0 Å². The van der Waals surface area contributed by atoms with Crippen molar-refractivity contribution in [2.75, 3.05) is 11.9 Å². The summed E-state index contributed by atoms with van der Waals surface area (Å²) in [4.78, 5) is 29.1. The lowest BCUT2D eigenvalue weighted by atomic mass is 9.99. The third-order valence-electron chi connectivity index (χ3n) is 5.43. The predicted molar refractivity (Wildman–Crippen MR) is 101 cm³/mol. The van der Waals surface area contributed by atoms with Crippen molar-refractivity contribution >= 4 is 17.5 Å². The number of hydrogen-bond acceptors (Lipinski definition) is 6. The van der Waals surface area contributed by atoms with Gasteiger partial charge in [-0.1, -0.05) is 12.1 Å². The molecule has 1 aromatic heterocycles. The molecule has 1 aromatic carbocycles. The van der Waals surface area contributed by atoms with Gasteiger partial charge < -0.3 is 21.1 Å². The number of hydrogen-bond donors (Lipinski definition) is 5. The number of aromatic amines is 1. The Morgan fingerprint density at radius 2 is 2.18 bits per heavy atom. The number of rotatable bonds is 5. The van der Waals surface area contributed by atoms with Crippen LogP contribution in [0.2, 0.25) is 0 Å². The summed E-state index contributed by atoms with van der Waals surface area (Å²) in [5, 5.41) is 25.8. The highest BCUT2D eigenvalue weighted by atomic mass is 16.3. The van der Waals surface area contributed by atoms with Gasteiger partial charge in [0.2, 0.25) is 5.91 Å². The van der Waals surface area contributed by atoms with Crippen molar-refractivity contribution in [1.82, 2.24) is 25.8 Å². The molecule has 0 spiro atoms. The number of fused-ring (bicyclic) bond motifs is 1. The molecule has 1 saturated carbocycles. The Kier molecular flexibility index (Phi) is 5.25. The zero-order valence-corrected chi connectivity index (χ0v) is 15.4. The SMILES string of the molecule is O=C(N[C@H]1C[C@H](C(=O)NCc2ncn[nH]2)C[C@@H]1O)c1cccc2c1NCCC2. The van der Waals surface area contributed by atoms with Gasteiger partial charge in [0.25, 0.3) is 5.91 Å². The molecule has 9 heteroatoms. The third kappa shape index (κ3) is 3.84. The van der Waals surface area contributed by atoms with E-state index in [1.807, 2.05) is 12.1 Å². The molecule has 0 saturated heterocycles. The van der Waals surface area contributed by atoms with Crippen LogP contribution in [0.1, 0.15) is 41.0 Å². The number of para-hydroxylation sites is 1. The van der Waals surface area contributed by atoms with Gasteiger partial charge >= 0.3 is 0 Å². The fourth-order valence-corrected chi connectivity index (χ4v) is 3.96. The summed E-state index contributed by atoms with van der Waals surface area (Å²) in [5.74, 6) is -0.173. The molecule has 1 fully saturated rings. The number of carbonyl (C=O) groups excluding carboxylic acids is 2. The highest BCUT2D eigenvalue weighted by Crippen LogP contribution is 2.29. The van der Waals surface area contributed by atoms with E-state index in [1.54, 1.807) is 6.07 Å². The van der Waals surface area contributed by atoms with Crippen molar-refractivity contribution in [2.45, 2.75) is 44.4 Å². The average molecular weight is 384 g/mol. The van der Waals surface area contributed by atoms with Crippen molar-refractivity contribution in [3.05, 3.63) is 41.5 Å². The molecular formula is C19H24N6O3. The maximum atomic E-state index is 12.8. The molecule has 0 radical (unpaired) electrons. The number of aliphatic hydroxyl groups excluding tert-OH is 1. The minimum atomic E-state index is -0.752. The number of nitrogens with zero attached hydrogens (tertiary/aromatic N) is 2. The van der Waals surface area contributed by atoms with Gasteiger partial charge in [-0.2, -0.15) is 5.10 Å². The van der Waals surface area contributed by atoms with Crippen LogP contribution < -0.4 is 16.0 Å². The molecule has 1 aliphatic carbocycles. The highest BCUT2D eigenvalue weighted by Gasteiger charge is 2.38. The largest absolute Gasteiger partial charge is 0.391 e. The topological polar surface area (TPSA) is 132 Å². The van der Waals surface area contributed by atoms with Crippen molar-refractivity contribution in [3.8, 4) is 0 Å². The Labute approximate surface area is 162 Å². The number of nitrogens with one attached hydrogen (secondary N) is 4. The number of aliphatic hydroxyl groups is 1. The number of aromatic nitrogens is 3. The molecule has 3 atom stereocenters. The lowest BCUT2D eigenvalue weighted by Gasteiger charge is -2.22. The molecule has 1 aliphatic heterocycles. The fraction of sp³-hybridized carbons (Fsp3) is 0.474. The highest BCUT2D eigenvalue weighted by molar-refractivity contribution is 6.00. The van der Waals surface area contributed by atoms with Crippen molar-refractivity contribution in [1.29, 1.82) is 0 Å². The van der Waals surface area contributed by atoms with Crippen molar-refractivity contribution in [2.24, 2.45) is 5.92 Å². The van der Waals surface area contributed by atoms with Crippen LogP contribution in [0.5, 0.6) is 0 Å². The number of aryl methyl sites for hydroxylation is 1. The molecule has 28 heavy (non-hydrogen) atoms. The van der Waals surface area contributed by atoms with E-state index in [9.17, 15) is 14.7 Å². The summed E-state index contributed by atoms with van der Waals surface area (Å²) in [7, 11) is 0. The number of anilines is 1. The quantitative estimate of drug-likeness (QED) is 0.505. The Morgan fingerprint density at radius 3 is 3.00 bits per heavy atom. The Morgan fingerprint density at radius 1 is 1.29 bits per heavy atom. The standard InChI is InChI=1S/C19H24N6O3/c26-15-8-12(18(27)21-9-16-22-10-23-25-16)7-14(15)24-19(28)13-5-1-3-11-4-2-6-20-17(11)13/h1,3,5,10,12,14-15,20,26H,2,4,6-9H2,(H,21,27)(H,24,28)(H,22,23,25)/t12-,14-,15-/m0/s1. The average Bonchev–Trinajstić information content (AvgIpc) is 3.36. The van der Waals surface area contributed by atoms with Crippen LogP contribution in [0.4, 0.5) is 5.69 Å². The Bertz CT molecular complexity index is 853. The monoisotopic (exact) mass is 384 g/mol. The van der Waals surface area contributed by atoms with Crippen LogP contribution in [-0.4, -0.2) is 50.8 Å². The maximum absolute atomic E-state index is 12.8. The first-order chi connectivity index (χ1) is 13.6. The molecule has 9 nitrogen and oxygen atoms in total. The van der Waals surface area contributed by atoms with E-state index < -0.39 is 12.1 Å². The van der Waals surface area contributed by atoms with E-state index in [0.717, 1.165) is 30.6 Å². The second kappa shape index (κ2) is 7.97. The molecule has 2 aliphatic rings. The fourth-order valence-electron chi connectivity index (χ4n) is 3.96. The molecule has 0 bridgehead atoms. The summed E-state index contributed by atoms with van der Waals surface area (Å²) < 4.78 is 0. The lowest BCUT2D eigenvalue weighted by molar-refractivity contribution is -0.125. The van der Waals surface area contributed by atoms with E-state index in [1.165, 1.54) is 6.33 Å². The van der Waals surface area contributed by atoms with E-state index in [-0.39, 0.29) is 24.3 Å². The normalized spacial score (nSPS) is 23.5. The van der Waals surface area contributed by atoms with E-state index in [2.05, 4.69) is 31.1 Å². The van der Waals surface area contributed by atoms with Crippen LogP contribution in [0.15, 0.2) is 24.5 Å². The molecule has 4 rings (SSSR count). The molecule has 2 amide bonds. The van der Waals surface area contributed by atoms with Crippen LogP contribution >= 0.6 is 0 Å². The van der Waals surface area contributed by atoms with Crippen LogP contribution in [0, 0.1) is 5.92 Å². The zero-order chi connectivity index (χ0) is 19.5. The third-order valence-corrected chi connectivity index (χ3v) is 5.43. The van der Waals surface area contributed by atoms with Crippen molar-refractivity contribution < 1.29 is 14.7 Å². The van der Waals surface area contributed by atoms with Gasteiger partial charge in [0.1, 0.15) is 12.2 Å². The Hall–Kier alpha value is -2.94. The number of H-pyrrole nitrogens is 1. The molecule has 2 heterocycles. The number of benzene rings is 1. The summed E-state index contributed by atoms with van der Waals surface area (Å²) in [5.41, 5.74) is 2.60. The van der Waals surface area contributed by atoms with Gasteiger partial charge in [-0.15, -0.1) is 0 Å². The van der Waals surface area contributed by atoms with Gasteiger partial charge in [0.05, 0.1) is 29.9 Å². The molecule has 2 aromatic rings. The van der Waals surface area contributed by atoms with Gasteiger partial charge in [0.15, 0.2) is 0 Å². The molecule has 148 valence electrons. The van der Waals surface area contributed by atoms with Crippen LogP contribution in [0.3, 0.4) is 0 Å². The summed E-state index contributed by atoms with van der Waals surface area (Å²) in [6.45, 7) is 1.10. The number of carbonyl (C=O) groups is 2. The first-order valence-electron chi connectivity index (χ1n) is 9.58. The van der Waals surface area contributed by atoms with Gasteiger partial charge in [-0.25, -0.2) is 4.98 Å².